The highest BCUT2D eigenvalue weighted by Gasteiger charge is 2.25. The Kier molecular flexibility index (Phi) is 8.72. The molecule has 0 spiro atoms. The molecule has 1 aromatic carbocycles. The Labute approximate surface area is 239 Å². The Morgan fingerprint density at radius 3 is 2.58 bits per heavy atom. The summed E-state index contributed by atoms with van der Waals surface area (Å²) in [5, 5.41) is 4.55. The molecule has 1 atom stereocenters. The van der Waals surface area contributed by atoms with Gasteiger partial charge in [0.05, 0.1) is 11.9 Å². The first-order valence-electron chi connectivity index (χ1n) is 15.1. The van der Waals surface area contributed by atoms with Crippen LogP contribution in [0.2, 0.25) is 0 Å². The van der Waals surface area contributed by atoms with Crippen LogP contribution in [0, 0.1) is 19.8 Å². The van der Waals surface area contributed by atoms with Crippen molar-refractivity contribution in [3.63, 3.8) is 0 Å². The SMILES string of the molecule is CCC(=O)N1CCC(c2ccc(OCC3=C(c4cccc(-n5ncc(C)c5C)n4)CCCC3C)cc2CC)CC1. The van der Waals surface area contributed by atoms with Gasteiger partial charge in [0.15, 0.2) is 5.82 Å². The molecule has 1 amide bonds. The molecule has 0 bridgehead atoms. The number of piperidine rings is 1. The maximum atomic E-state index is 12.1. The molecule has 0 saturated carbocycles. The third kappa shape index (κ3) is 5.86. The van der Waals surface area contributed by atoms with Crippen molar-refractivity contribution in [2.45, 2.75) is 85.5 Å². The number of pyridine rings is 1. The third-order valence-electron chi connectivity index (χ3n) is 9.04. The number of allylic oxidation sites excluding steroid dienone is 1. The molecule has 1 aliphatic heterocycles. The molecule has 6 heteroatoms. The van der Waals surface area contributed by atoms with E-state index in [0.717, 1.165) is 61.7 Å². The van der Waals surface area contributed by atoms with Gasteiger partial charge < -0.3 is 9.64 Å². The van der Waals surface area contributed by atoms with Gasteiger partial charge in [-0.15, -0.1) is 0 Å². The summed E-state index contributed by atoms with van der Waals surface area (Å²) in [4.78, 5) is 19.2. The van der Waals surface area contributed by atoms with Crippen molar-refractivity contribution in [1.29, 1.82) is 0 Å². The van der Waals surface area contributed by atoms with Gasteiger partial charge in [-0.25, -0.2) is 9.67 Å². The zero-order valence-corrected chi connectivity index (χ0v) is 24.9. The Morgan fingerprint density at radius 1 is 1.07 bits per heavy atom. The fraction of sp³-hybridized carbons (Fsp3) is 0.500. The maximum Gasteiger partial charge on any atom is 0.222 e. The van der Waals surface area contributed by atoms with Crippen LogP contribution in [0.25, 0.3) is 11.4 Å². The Morgan fingerprint density at radius 2 is 1.88 bits per heavy atom. The number of amides is 1. The average Bonchev–Trinajstić information content (AvgIpc) is 3.33. The van der Waals surface area contributed by atoms with Crippen LogP contribution in [-0.4, -0.2) is 45.3 Å². The van der Waals surface area contributed by atoms with E-state index < -0.39 is 0 Å². The summed E-state index contributed by atoms with van der Waals surface area (Å²) in [6, 6.07) is 12.9. The second kappa shape index (κ2) is 12.4. The summed E-state index contributed by atoms with van der Waals surface area (Å²) in [5.74, 6) is 3.05. The van der Waals surface area contributed by atoms with Gasteiger partial charge in [0.1, 0.15) is 12.4 Å². The average molecular weight is 541 g/mol. The topological polar surface area (TPSA) is 60.2 Å². The summed E-state index contributed by atoms with van der Waals surface area (Å²) >= 11 is 0. The first kappa shape index (κ1) is 28.1. The predicted octanol–water partition coefficient (Wildman–Crippen LogP) is 7.22. The van der Waals surface area contributed by atoms with Crippen LogP contribution in [0.3, 0.4) is 0 Å². The zero-order valence-electron chi connectivity index (χ0n) is 24.9. The minimum Gasteiger partial charge on any atom is -0.489 e. The number of aryl methyl sites for hydroxylation is 2. The van der Waals surface area contributed by atoms with Crippen LogP contribution in [0.15, 0.2) is 48.2 Å². The molecule has 1 aliphatic carbocycles. The van der Waals surface area contributed by atoms with Crippen molar-refractivity contribution in [3.05, 3.63) is 76.2 Å². The van der Waals surface area contributed by atoms with E-state index in [0.29, 0.717) is 24.9 Å². The summed E-state index contributed by atoms with van der Waals surface area (Å²) < 4.78 is 8.43. The van der Waals surface area contributed by atoms with Crippen molar-refractivity contribution >= 4 is 11.5 Å². The number of hydrogen-bond acceptors (Lipinski definition) is 4. The van der Waals surface area contributed by atoms with Crippen molar-refractivity contribution in [3.8, 4) is 11.6 Å². The van der Waals surface area contributed by atoms with Gasteiger partial charge in [-0.1, -0.05) is 32.9 Å². The number of carbonyl (C=O) groups is 1. The number of carbonyl (C=O) groups excluding carboxylic acids is 1. The number of rotatable bonds is 8. The number of nitrogens with zero attached hydrogens (tertiary/aromatic N) is 4. The highest BCUT2D eigenvalue weighted by atomic mass is 16.5. The Balaban J connectivity index is 1.34. The number of likely N-dealkylation sites (tertiary alicyclic amines) is 1. The van der Waals surface area contributed by atoms with Crippen LogP contribution >= 0.6 is 0 Å². The lowest BCUT2D eigenvalue weighted by Crippen LogP contribution is -2.37. The Hall–Kier alpha value is -3.41. The molecule has 3 heterocycles. The lowest BCUT2D eigenvalue weighted by atomic mass is 9.82. The molecular weight excluding hydrogens is 496 g/mol. The van der Waals surface area contributed by atoms with Crippen molar-refractivity contribution < 1.29 is 9.53 Å². The van der Waals surface area contributed by atoms with Crippen LogP contribution in [0.1, 0.15) is 93.3 Å². The molecule has 1 unspecified atom stereocenters. The van der Waals surface area contributed by atoms with E-state index in [2.05, 4.69) is 63.1 Å². The van der Waals surface area contributed by atoms with E-state index in [-0.39, 0.29) is 5.91 Å². The molecule has 0 radical (unpaired) electrons. The highest BCUT2D eigenvalue weighted by molar-refractivity contribution is 5.75. The minimum absolute atomic E-state index is 0.275. The van der Waals surface area contributed by atoms with Gasteiger partial charge in [0.2, 0.25) is 5.91 Å². The van der Waals surface area contributed by atoms with Gasteiger partial charge in [-0.3, -0.25) is 4.79 Å². The monoisotopic (exact) mass is 540 g/mol. The molecular formula is C34H44N4O2. The van der Waals surface area contributed by atoms with Crippen LogP contribution in [0.4, 0.5) is 0 Å². The second-order valence-electron chi connectivity index (χ2n) is 11.5. The van der Waals surface area contributed by atoms with Gasteiger partial charge in [-0.05, 0) is 116 Å². The first-order chi connectivity index (χ1) is 19.4. The van der Waals surface area contributed by atoms with E-state index >= 15 is 0 Å². The van der Waals surface area contributed by atoms with E-state index in [4.69, 9.17) is 9.72 Å². The lowest BCUT2D eigenvalue weighted by molar-refractivity contribution is -0.131. The molecule has 2 aliphatic rings. The molecule has 6 nitrogen and oxygen atoms in total. The maximum absolute atomic E-state index is 12.1. The van der Waals surface area contributed by atoms with Crippen molar-refractivity contribution in [2.75, 3.05) is 19.7 Å². The molecule has 1 fully saturated rings. The summed E-state index contributed by atoms with van der Waals surface area (Å²) in [6.45, 7) is 13.0. The summed E-state index contributed by atoms with van der Waals surface area (Å²) in [5.41, 5.74) is 8.79. The zero-order chi connectivity index (χ0) is 28.2. The third-order valence-corrected chi connectivity index (χ3v) is 9.04. The molecule has 2 aromatic heterocycles. The van der Waals surface area contributed by atoms with Crippen LogP contribution in [0.5, 0.6) is 5.75 Å². The van der Waals surface area contributed by atoms with E-state index in [1.165, 1.54) is 40.7 Å². The van der Waals surface area contributed by atoms with Crippen LogP contribution < -0.4 is 4.74 Å². The van der Waals surface area contributed by atoms with E-state index in [9.17, 15) is 4.79 Å². The number of ether oxygens (including phenoxy) is 1. The normalized spacial score (nSPS) is 18.3. The fourth-order valence-corrected chi connectivity index (χ4v) is 6.37. The van der Waals surface area contributed by atoms with Gasteiger partial charge in [0.25, 0.3) is 0 Å². The van der Waals surface area contributed by atoms with Crippen molar-refractivity contribution in [1.82, 2.24) is 19.7 Å². The smallest absolute Gasteiger partial charge is 0.222 e. The van der Waals surface area contributed by atoms with Gasteiger partial charge >= 0.3 is 0 Å². The van der Waals surface area contributed by atoms with Crippen LogP contribution in [-0.2, 0) is 11.2 Å². The Bertz CT molecular complexity index is 1380. The predicted molar refractivity (Wildman–Crippen MR) is 161 cm³/mol. The summed E-state index contributed by atoms with van der Waals surface area (Å²) in [7, 11) is 0. The second-order valence-corrected chi connectivity index (χ2v) is 11.5. The quantitative estimate of drug-likeness (QED) is 0.303. The lowest BCUT2D eigenvalue weighted by Gasteiger charge is -2.33. The van der Waals surface area contributed by atoms with E-state index in [1.807, 2.05) is 28.8 Å². The first-order valence-corrected chi connectivity index (χ1v) is 15.1. The minimum atomic E-state index is 0.275. The number of hydrogen-bond donors (Lipinski definition) is 0. The van der Waals surface area contributed by atoms with Gasteiger partial charge in [-0.2, -0.15) is 5.10 Å². The fourth-order valence-electron chi connectivity index (χ4n) is 6.37. The molecule has 212 valence electrons. The largest absolute Gasteiger partial charge is 0.489 e. The van der Waals surface area contributed by atoms with E-state index in [1.54, 1.807) is 0 Å². The molecule has 1 saturated heterocycles. The molecule has 5 rings (SSSR count). The van der Waals surface area contributed by atoms with Crippen molar-refractivity contribution in [2.24, 2.45) is 5.92 Å². The number of benzene rings is 1. The summed E-state index contributed by atoms with van der Waals surface area (Å²) in [6.07, 6.45) is 8.92. The molecule has 3 aromatic rings. The highest BCUT2D eigenvalue weighted by Crippen LogP contribution is 2.37. The van der Waals surface area contributed by atoms with Gasteiger partial charge in [0, 0.05) is 25.2 Å². The number of aromatic nitrogens is 3. The standard InChI is InChI=1S/C34H44N4O2/c1-6-26-20-28(14-15-29(26)27-16-18-37(19-17-27)34(39)7-2)40-22-31-23(3)10-8-11-30(31)32-12-9-13-33(36-32)38-25(5)24(4)21-35-38/h9,12-15,20-21,23,27H,6-8,10-11,16-19,22H2,1-5H3. The molecule has 40 heavy (non-hydrogen) atoms. The molecule has 0 N–H and O–H groups in total.